The van der Waals surface area contributed by atoms with Crippen molar-refractivity contribution < 1.29 is 24.0 Å². The maximum absolute atomic E-state index is 12.5. The Kier molecular flexibility index (Phi) is 7.03. The lowest BCUT2D eigenvalue weighted by Gasteiger charge is -2.12. The lowest BCUT2D eigenvalue weighted by atomic mass is 10.1. The number of rotatable bonds is 7. The fourth-order valence-electron chi connectivity index (χ4n) is 2.80. The molecule has 10 heteroatoms. The molecule has 1 fully saturated rings. The minimum Gasteiger partial charge on any atom is -0.490 e. The number of hydrogen-bond acceptors (Lipinski definition) is 8. The van der Waals surface area contributed by atoms with Crippen molar-refractivity contribution in [2.24, 2.45) is 0 Å². The number of benzene rings is 2. The molecular weight excluding hydrogens is 440 g/mol. The molecule has 0 bridgehead atoms. The normalized spacial score (nSPS) is 14.8. The maximum Gasteiger partial charge on any atom is 0.343 e. The highest BCUT2D eigenvalue weighted by molar-refractivity contribution is 8.26. The topological polar surface area (TPSA) is 99.0 Å². The largest absolute Gasteiger partial charge is 0.490 e. The number of non-ortho nitro benzene ring substituents is 1. The molecule has 31 heavy (non-hydrogen) atoms. The van der Waals surface area contributed by atoms with Crippen LogP contribution in [0.2, 0.25) is 0 Å². The monoisotopic (exact) mass is 458 g/mol. The summed E-state index contributed by atoms with van der Waals surface area (Å²) in [6, 6.07) is 10.2. The summed E-state index contributed by atoms with van der Waals surface area (Å²) in [7, 11) is 0. The number of esters is 1. The second kappa shape index (κ2) is 9.71. The molecule has 0 spiro atoms. The van der Waals surface area contributed by atoms with Crippen LogP contribution in [0.5, 0.6) is 11.5 Å². The summed E-state index contributed by atoms with van der Waals surface area (Å²) in [5.74, 6) is -0.435. The van der Waals surface area contributed by atoms with Gasteiger partial charge < -0.3 is 9.47 Å². The average molecular weight is 459 g/mol. The van der Waals surface area contributed by atoms with Crippen LogP contribution in [0.25, 0.3) is 6.08 Å². The van der Waals surface area contributed by atoms with E-state index in [0.29, 0.717) is 33.7 Å². The molecule has 0 aliphatic carbocycles. The van der Waals surface area contributed by atoms with Crippen molar-refractivity contribution in [1.29, 1.82) is 0 Å². The van der Waals surface area contributed by atoms with Gasteiger partial charge in [0, 0.05) is 18.7 Å². The van der Waals surface area contributed by atoms with Crippen molar-refractivity contribution >= 4 is 51.9 Å². The Hall–Kier alpha value is -3.24. The van der Waals surface area contributed by atoms with Crippen molar-refractivity contribution in [2.45, 2.75) is 13.8 Å². The second-order valence-electron chi connectivity index (χ2n) is 6.26. The van der Waals surface area contributed by atoms with E-state index in [1.54, 1.807) is 31.2 Å². The van der Waals surface area contributed by atoms with E-state index in [9.17, 15) is 19.7 Å². The van der Waals surface area contributed by atoms with E-state index in [4.69, 9.17) is 21.7 Å². The molecule has 8 nitrogen and oxygen atoms in total. The van der Waals surface area contributed by atoms with Crippen molar-refractivity contribution in [3.8, 4) is 11.5 Å². The molecule has 0 aromatic heterocycles. The number of likely N-dealkylation sites (N-methyl/N-ethyl adjacent to an activating group) is 1. The summed E-state index contributed by atoms with van der Waals surface area (Å²) in [6.45, 7) is 4.46. The van der Waals surface area contributed by atoms with Gasteiger partial charge in [0.2, 0.25) is 0 Å². The first-order valence-corrected chi connectivity index (χ1v) is 10.5. The Bertz CT molecular complexity index is 1100. The van der Waals surface area contributed by atoms with Crippen molar-refractivity contribution in [3.05, 3.63) is 68.6 Å². The van der Waals surface area contributed by atoms with Crippen LogP contribution in [0, 0.1) is 10.1 Å². The predicted octanol–water partition coefficient (Wildman–Crippen LogP) is 4.43. The predicted molar refractivity (Wildman–Crippen MR) is 121 cm³/mol. The molecule has 0 saturated carbocycles. The Morgan fingerprint density at radius 1 is 1.23 bits per heavy atom. The zero-order chi connectivity index (χ0) is 22.5. The fraction of sp³-hybridized carbons (Fsp3) is 0.190. The molecule has 2 aromatic rings. The van der Waals surface area contributed by atoms with Gasteiger partial charge in [-0.3, -0.25) is 19.8 Å². The Morgan fingerprint density at radius 3 is 2.65 bits per heavy atom. The SMILES string of the molecule is CCOc1cc(/C=C2\SC(=S)N(CC)C2=O)ccc1OC(=O)c1cccc([N+](=O)[O-])c1. The maximum atomic E-state index is 12.5. The van der Waals surface area contributed by atoms with E-state index in [1.807, 2.05) is 6.92 Å². The van der Waals surface area contributed by atoms with E-state index in [1.165, 1.54) is 34.9 Å². The Labute approximate surface area is 188 Å². The van der Waals surface area contributed by atoms with Crippen LogP contribution in [0.3, 0.4) is 0 Å². The van der Waals surface area contributed by atoms with Crippen LogP contribution < -0.4 is 9.47 Å². The molecule has 1 aliphatic rings. The molecular formula is C21H18N2O6S2. The molecule has 1 aliphatic heterocycles. The molecule has 1 saturated heterocycles. The van der Waals surface area contributed by atoms with E-state index < -0.39 is 10.9 Å². The number of nitro groups is 1. The van der Waals surface area contributed by atoms with Crippen molar-refractivity contribution in [3.63, 3.8) is 0 Å². The number of carbonyl (C=O) groups is 2. The van der Waals surface area contributed by atoms with E-state index in [2.05, 4.69) is 0 Å². The molecule has 3 rings (SSSR count). The van der Waals surface area contributed by atoms with Crippen LogP contribution >= 0.6 is 24.0 Å². The van der Waals surface area contributed by atoms with Gasteiger partial charge in [-0.15, -0.1) is 0 Å². The number of thioether (sulfide) groups is 1. The van der Waals surface area contributed by atoms with Crippen molar-refractivity contribution in [2.75, 3.05) is 13.2 Å². The van der Waals surface area contributed by atoms with Gasteiger partial charge in [0.25, 0.3) is 11.6 Å². The number of amides is 1. The van der Waals surface area contributed by atoms with Crippen LogP contribution in [0.15, 0.2) is 47.4 Å². The van der Waals surface area contributed by atoms with E-state index in [0.717, 1.165) is 6.07 Å². The minimum absolute atomic E-state index is 0.0453. The van der Waals surface area contributed by atoms with E-state index in [-0.39, 0.29) is 22.9 Å². The van der Waals surface area contributed by atoms with E-state index >= 15 is 0 Å². The molecule has 160 valence electrons. The third kappa shape index (κ3) is 5.09. The van der Waals surface area contributed by atoms with Crippen molar-refractivity contribution in [1.82, 2.24) is 4.90 Å². The molecule has 1 amide bonds. The van der Waals surface area contributed by atoms with Crippen LogP contribution in [-0.4, -0.2) is 39.2 Å². The smallest absolute Gasteiger partial charge is 0.343 e. The standard InChI is InChI=1S/C21H18N2O6S2/c1-3-22-19(24)18(31-21(22)30)11-13-8-9-16(17(10-13)28-4-2)29-20(25)14-6-5-7-15(12-14)23(26)27/h5-12H,3-4H2,1-2H3/b18-11-. The number of thiocarbonyl (C=S) groups is 1. The number of nitrogens with zero attached hydrogens (tertiary/aromatic N) is 2. The first-order valence-electron chi connectivity index (χ1n) is 9.32. The Morgan fingerprint density at radius 2 is 2.00 bits per heavy atom. The van der Waals surface area contributed by atoms with Crippen LogP contribution in [-0.2, 0) is 4.79 Å². The molecule has 0 unspecified atom stereocenters. The van der Waals surface area contributed by atoms with Gasteiger partial charge >= 0.3 is 5.97 Å². The third-order valence-electron chi connectivity index (χ3n) is 4.25. The lowest BCUT2D eigenvalue weighted by molar-refractivity contribution is -0.384. The summed E-state index contributed by atoms with van der Waals surface area (Å²) >= 11 is 6.44. The highest BCUT2D eigenvalue weighted by Crippen LogP contribution is 2.35. The molecule has 0 atom stereocenters. The lowest BCUT2D eigenvalue weighted by Crippen LogP contribution is -2.27. The molecule has 0 radical (unpaired) electrons. The highest BCUT2D eigenvalue weighted by atomic mass is 32.2. The summed E-state index contributed by atoms with van der Waals surface area (Å²) < 4.78 is 11.5. The molecule has 1 heterocycles. The van der Waals surface area contributed by atoms with Gasteiger partial charge in [0.15, 0.2) is 11.5 Å². The average Bonchev–Trinajstić information content (AvgIpc) is 3.02. The zero-order valence-corrected chi connectivity index (χ0v) is 18.3. The summed E-state index contributed by atoms with van der Waals surface area (Å²) in [5, 5.41) is 10.9. The van der Waals surface area contributed by atoms with Gasteiger partial charge in [-0.1, -0.05) is 36.1 Å². The number of carbonyl (C=O) groups excluding carboxylic acids is 2. The van der Waals surface area contributed by atoms with Gasteiger partial charge in [-0.2, -0.15) is 0 Å². The molecule has 2 aromatic carbocycles. The Balaban J connectivity index is 1.86. The van der Waals surface area contributed by atoms with Gasteiger partial charge in [-0.25, -0.2) is 4.79 Å². The molecule has 0 N–H and O–H groups in total. The second-order valence-corrected chi connectivity index (χ2v) is 7.94. The quantitative estimate of drug-likeness (QED) is 0.150. The van der Waals surface area contributed by atoms with Crippen LogP contribution in [0.4, 0.5) is 5.69 Å². The summed E-state index contributed by atoms with van der Waals surface area (Å²) in [6.07, 6.45) is 1.70. The fourth-order valence-corrected chi connectivity index (χ4v) is 4.18. The van der Waals surface area contributed by atoms with Crippen LogP contribution in [0.1, 0.15) is 29.8 Å². The summed E-state index contributed by atoms with van der Waals surface area (Å²) in [4.78, 5) is 37.2. The third-order valence-corrected chi connectivity index (χ3v) is 5.63. The van der Waals surface area contributed by atoms with Gasteiger partial charge in [-0.05, 0) is 43.7 Å². The van der Waals surface area contributed by atoms with Gasteiger partial charge in [0.05, 0.1) is 22.0 Å². The first-order chi connectivity index (χ1) is 14.8. The minimum atomic E-state index is -0.749. The number of ether oxygens (including phenoxy) is 2. The summed E-state index contributed by atoms with van der Waals surface area (Å²) in [5.41, 5.74) is 0.512. The van der Waals surface area contributed by atoms with Gasteiger partial charge in [0.1, 0.15) is 4.32 Å². The highest BCUT2D eigenvalue weighted by Gasteiger charge is 2.30. The first kappa shape index (κ1) is 22.4. The number of nitro benzene ring substituents is 1. The number of hydrogen-bond donors (Lipinski definition) is 0. The zero-order valence-electron chi connectivity index (χ0n) is 16.7.